The van der Waals surface area contributed by atoms with Crippen molar-refractivity contribution in [1.29, 1.82) is 0 Å². The molecule has 2 heterocycles. The summed E-state index contributed by atoms with van der Waals surface area (Å²) in [6, 6.07) is 16.0. The number of hydrogen-bond acceptors (Lipinski definition) is 5. The van der Waals surface area contributed by atoms with Crippen LogP contribution in [-0.2, 0) is 0 Å². The van der Waals surface area contributed by atoms with Crippen LogP contribution in [0.25, 0.3) is 22.2 Å². The van der Waals surface area contributed by atoms with Gasteiger partial charge in [0, 0.05) is 41.1 Å². The average Bonchev–Trinajstić information content (AvgIpc) is 3.05. The van der Waals surface area contributed by atoms with Crippen LogP contribution in [0.4, 0.5) is 16.2 Å². The molecule has 1 aliphatic carbocycles. The molecule has 1 aliphatic rings. The number of fused-ring (bicyclic) bond motifs is 1. The molecule has 0 aliphatic heterocycles. The van der Waals surface area contributed by atoms with Crippen molar-refractivity contribution >= 4 is 28.3 Å². The number of rotatable bonds is 6. The molecule has 34 heavy (non-hydrogen) atoms. The van der Waals surface area contributed by atoms with Gasteiger partial charge in [0.05, 0.1) is 16.9 Å². The fourth-order valence-corrected chi connectivity index (χ4v) is 4.29. The third-order valence-electron chi connectivity index (χ3n) is 6.04. The van der Waals surface area contributed by atoms with E-state index in [1.807, 2.05) is 50.2 Å². The van der Waals surface area contributed by atoms with Crippen molar-refractivity contribution in [2.45, 2.75) is 45.2 Å². The molecule has 2 amide bonds. The van der Waals surface area contributed by atoms with Gasteiger partial charge >= 0.3 is 12.0 Å². The number of urea groups is 1. The van der Waals surface area contributed by atoms with E-state index in [1.165, 1.54) is 6.42 Å². The molecule has 0 atom stereocenters. The number of nitrogens with two attached hydrogens (primary N) is 1. The second kappa shape index (κ2) is 9.05. The Balaban J connectivity index is 1.51. The highest BCUT2D eigenvalue weighted by molar-refractivity contribution is 6.02. The van der Waals surface area contributed by atoms with Gasteiger partial charge in [-0.15, -0.1) is 0 Å². The predicted octanol–water partition coefficient (Wildman–Crippen LogP) is 5.73. The lowest BCUT2D eigenvalue weighted by atomic mass is 9.92. The monoisotopic (exact) mass is 456 g/mol. The van der Waals surface area contributed by atoms with Crippen LogP contribution in [0.15, 0.2) is 60.9 Å². The Morgan fingerprint density at radius 3 is 2.50 bits per heavy atom. The number of benzene rings is 2. The van der Waals surface area contributed by atoms with Crippen molar-refractivity contribution in [3.63, 3.8) is 0 Å². The Morgan fingerprint density at radius 2 is 1.85 bits per heavy atom. The molecule has 2 aromatic heterocycles. The first kappa shape index (κ1) is 21.8. The van der Waals surface area contributed by atoms with Crippen molar-refractivity contribution in [3.8, 4) is 23.0 Å². The third-order valence-corrected chi connectivity index (χ3v) is 6.04. The van der Waals surface area contributed by atoms with E-state index in [2.05, 4.69) is 31.2 Å². The molecule has 0 saturated heterocycles. The first-order valence-electron chi connectivity index (χ1n) is 11.6. The Bertz CT molecular complexity index is 1310. The molecule has 1 saturated carbocycles. The van der Waals surface area contributed by atoms with Gasteiger partial charge in [0.2, 0.25) is 0 Å². The minimum Gasteiger partial charge on any atom is -0.424 e. The summed E-state index contributed by atoms with van der Waals surface area (Å²) in [4.78, 5) is 20.3. The van der Waals surface area contributed by atoms with Crippen LogP contribution in [0.1, 0.15) is 39.2 Å². The summed E-state index contributed by atoms with van der Waals surface area (Å²) in [6.45, 7) is 3.85. The third kappa shape index (κ3) is 4.26. The van der Waals surface area contributed by atoms with Crippen molar-refractivity contribution in [2.24, 2.45) is 0 Å². The summed E-state index contributed by atoms with van der Waals surface area (Å²) in [5.74, 6) is 0.637. The van der Waals surface area contributed by atoms with E-state index in [0.717, 1.165) is 40.7 Å². The second-order valence-electron chi connectivity index (χ2n) is 8.86. The number of aromatic nitrogens is 3. The molecular weight excluding hydrogens is 428 g/mol. The lowest BCUT2D eigenvalue weighted by molar-refractivity contribution is 0.250. The van der Waals surface area contributed by atoms with Crippen molar-refractivity contribution in [2.75, 3.05) is 11.1 Å². The van der Waals surface area contributed by atoms with E-state index >= 15 is 0 Å². The summed E-state index contributed by atoms with van der Waals surface area (Å²) < 4.78 is 8.20. The highest BCUT2D eigenvalue weighted by Gasteiger charge is 2.27. The molecule has 4 N–H and O–H groups in total. The number of nitrogen functional groups attached to an aromatic ring is 1. The summed E-state index contributed by atoms with van der Waals surface area (Å²) in [5.41, 5.74) is 11.2. The molecule has 1 fully saturated rings. The van der Waals surface area contributed by atoms with Gasteiger partial charge in [0.1, 0.15) is 5.75 Å². The summed E-state index contributed by atoms with van der Waals surface area (Å²) >= 11 is 0. The quantitative estimate of drug-likeness (QED) is 0.344. The van der Waals surface area contributed by atoms with Crippen LogP contribution in [0.3, 0.4) is 0 Å². The Morgan fingerprint density at radius 1 is 1.12 bits per heavy atom. The normalized spacial score (nSPS) is 13.6. The zero-order valence-electron chi connectivity index (χ0n) is 19.3. The number of ether oxygens (including phenoxy) is 1. The van der Waals surface area contributed by atoms with Gasteiger partial charge in [-0.1, -0.05) is 12.1 Å². The first-order valence-corrected chi connectivity index (χ1v) is 11.6. The molecule has 4 aromatic rings. The maximum Gasteiger partial charge on any atom is 0.321 e. The maximum atomic E-state index is 12.0. The van der Waals surface area contributed by atoms with Gasteiger partial charge in [0.15, 0.2) is 0 Å². The number of amides is 2. The number of nitrogens with one attached hydrogen (secondary N) is 2. The van der Waals surface area contributed by atoms with Crippen LogP contribution < -0.4 is 21.1 Å². The van der Waals surface area contributed by atoms with Gasteiger partial charge in [0.25, 0.3) is 0 Å². The fraction of sp³-hybridized carbons (Fsp3) is 0.269. The Labute approximate surface area is 198 Å². The van der Waals surface area contributed by atoms with E-state index in [1.54, 1.807) is 18.5 Å². The smallest absolute Gasteiger partial charge is 0.321 e. The average molecular weight is 457 g/mol. The summed E-state index contributed by atoms with van der Waals surface area (Å²) in [5, 5.41) is 6.64. The largest absolute Gasteiger partial charge is 0.424 e. The molecule has 8 nitrogen and oxygen atoms in total. The van der Waals surface area contributed by atoms with Crippen LogP contribution >= 0.6 is 0 Å². The van der Waals surface area contributed by atoms with E-state index in [0.29, 0.717) is 23.5 Å². The lowest BCUT2D eigenvalue weighted by Gasteiger charge is -2.30. The van der Waals surface area contributed by atoms with Gasteiger partial charge in [-0.25, -0.2) is 14.8 Å². The first-order chi connectivity index (χ1) is 16.5. The van der Waals surface area contributed by atoms with Crippen molar-refractivity contribution < 1.29 is 9.53 Å². The van der Waals surface area contributed by atoms with Crippen molar-refractivity contribution in [3.05, 3.63) is 60.9 Å². The SMILES string of the molecule is CC(C)NC(=O)Nc1ccc(-c2c(N)c3cc(Oc4ncccn4)ccc3n2C2CCC2)cc1. The van der Waals surface area contributed by atoms with Gasteiger partial charge < -0.3 is 25.7 Å². The molecule has 0 radical (unpaired) electrons. The van der Waals surface area contributed by atoms with Crippen LogP contribution in [-0.4, -0.2) is 26.6 Å². The second-order valence-corrected chi connectivity index (χ2v) is 8.86. The number of nitrogens with zero attached hydrogens (tertiary/aromatic N) is 3. The Kier molecular flexibility index (Phi) is 5.79. The molecule has 2 aromatic carbocycles. The maximum absolute atomic E-state index is 12.0. The van der Waals surface area contributed by atoms with Gasteiger partial charge in [-0.3, -0.25) is 0 Å². The van der Waals surface area contributed by atoms with Crippen LogP contribution in [0.2, 0.25) is 0 Å². The molecule has 0 bridgehead atoms. The minimum atomic E-state index is -0.222. The lowest BCUT2D eigenvalue weighted by Crippen LogP contribution is -2.34. The van der Waals surface area contributed by atoms with E-state index in [4.69, 9.17) is 10.5 Å². The zero-order valence-corrected chi connectivity index (χ0v) is 19.3. The molecule has 0 spiro atoms. The minimum absolute atomic E-state index is 0.0691. The molecular formula is C26H28N6O2. The number of carbonyl (C=O) groups is 1. The highest BCUT2D eigenvalue weighted by atomic mass is 16.5. The van der Waals surface area contributed by atoms with E-state index in [-0.39, 0.29) is 12.1 Å². The van der Waals surface area contributed by atoms with Crippen LogP contribution in [0.5, 0.6) is 11.8 Å². The fourth-order valence-electron chi connectivity index (χ4n) is 4.29. The molecule has 174 valence electrons. The number of carbonyl (C=O) groups excluding carboxylic acids is 1. The number of anilines is 2. The molecule has 0 unspecified atom stereocenters. The highest BCUT2D eigenvalue weighted by Crippen LogP contribution is 2.45. The van der Waals surface area contributed by atoms with E-state index in [9.17, 15) is 4.79 Å². The van der Waals surface area contributed by atoms with Gasteiger partial charge in [-0.05, 0) is 69.5 Å². The molecule has 5 rings (SSSR count). The van der Waals surface area contributed by atoms with E-state index < -0.39 is 0 Å². The molecule has 8 heteroatoms. The Hall–Kier alpha value is -4.07. The van der Waals surface area contributed by atoms with Crippen LogP contribution in [0, 0.1) is 0 Å². The standard InChI is InChI=1S/C26H28N6O2/c1-16(2)30-25(33)31-18-9-7-17(8-10-18)24-23(27)21-15-20(34-26-28-13-4-14-29-26)11-12-22(21)32(24)19-5-3-6-19/h4,7-16,19H,3,5-6,27H2,1-2H3,(H2,30,31,33). The number of hydrogen-bond donors (Lipinski definition) is 3. The summed E-state index contributed by atoms with van der Waals surface area (Å²) in [7, 11) is 0. The van der Waals surface area contributed by atoms with Crippen molar-refractivity contribution in [1.82, 2.24) is 19.9 Å². The predicted molar refractivity (Wildman–Crippen MR) is 134 cm³/mol. The topological polar surface area (TPSA) is 107 Å². The van der Waals surface area contributed by atoms with Gasteiger partial charge in [-0.2, -0.15) is 0 Å². The summed E-state index contributed by atoms with van der Waals surface area (Å²) in [6.07, 6.45) is 6.75. The zero-order chi connectivity index (χ0) is 23.7.